The molecule has 0 spiro atoms. The van der Waals surface area contributed by atoms with Gasteiger partial charge in [-0.05, 0) is 24.3 Å². The number of hydrogen-bond acceptors (Lipinski definition) is 3. The Morgan fingerprint density at radius 1 is 0.913 bits per heavy atom. The van der Waals surface area contributed by atoms with E-state index < -0.39 is 0 Å². The number of fused-ring (bicyclic) bond motifs is 3. The summed E-state index contributed by atoms with van der Waals surface area (Å²) in [6.45, 7) is 10.1. The third-order valence-corrected chi connectivity index (χ3v) is 5.82. The number of hydrogen-bond donors (Lipinski definition) is 0. The highest BCUT2D eigenvalue weighted by molar-refractivity contribution is 5.69. The molecule has 1 aromatic carbocycles. The summed E-state index contributed by atoms with van der Waals surface area (Å²) in [6, 6.07) is 14.8. The maximum absolute atomic E-state index is 4.74. The van der Waals surface area contributed by atoms with Gasteiger partial charge >= 0.3 is 0 Å². The molecule has 3 nitrogen and oxygen atoms in total. The Bertz CT molecular complexity index is 774. The van der Waals surface area contributed by atoms with Gasteiger partial charge in [0.05, 0.1) is 18.1 Å². The lowest BCUT2D eigenvalue weighted by Crippen LogP contribution is -2.48. The van der Waals surface area contributed by atoms with Crippen LogP contribution in [0.1, 0.15) is 33.4 Å². The van der Waals surface area contributed by atoms with Gasteiger partial charge in [-0.2, -0.15) is 0 Å². The predicted molar refractivity (Wildman–Crippen MR) is 95.4 cm³/mol. The molecule has 118 valence electrons. The molecule has 0 amide bonds. The summed E-state index contributed by atoms with van der Waals surface area (Å²) >= 11 is 0. The first-order valence-electron chi connectivity index (χ1n) is 8.20. The van der Waals surface area contributed by atoms with Gasteiger partial charge in [0.1, 0.15) is 0 Å². The van der Waals surface area contributed by atoms with Crippen molar-refractivity contribution in [1.82, 2.24) is 4.98 Å². The largest absolute Gasteiger partial charge is 0.328 e. The van der Waals surface area contributed by atoms with Crippen molar-refractivity contribution in [3.63, 3.8) is 0 Å². The number of pyridine rings is 1. The van der Waals surface area contributed by atoms with Crippen molar-refractivity contribution >= 4 is 11.4 Å². The molecule has 0 saturated carbocycles. The Morgan fingerprint density at radius 2 is 1.65 bits per heavy atom. The summed E-state index contributed by atoms with van der Waals surface area (Å²) in [7, 11) is 0. The van der Waals surface area contributed by atoms with E-state index in [1.165, 1.54) is 22.8 Å². The third kappa shape index (κ3) is 1.86. The Morgan fingerprint density at radius 3 is 2.39 bits per heavy atom. The molecule has 2 aliphatic heterocycles. The lowest BCUT2D eigenvalue weighted by Gasteiger charge is -2.50. The summed E-state index contributed by atoms with van der Waals surface area (Å²) < 4.78 is 0. The lowest BCUT2D eigenvalue weighted by molar-refractivity contribution is 0.229. The molecule has 3 heterocycles. The van der Waals surface area contributed by atoms with Crippen LogP contribution >= 0.6 is 0 Å². The minimum Gasteiger partial charge on any atom is -0.328 e. The van der Waals surface area contributed by atoms with E-state index in [0.29, 0.717) is 0 Å². The number of aromatic nitrogens is 1. The molecule has 23 heavy (non-hydrogen) atoms. The summed E-state index contributed by atoms with van der Waals surface area (Å²) in [5.74, 6) is 0. The van der Waals surface area contributed by atoms with Gasteiger partial charge < -0.3 is 9.80 Å². The summed E-state index contributed by atoms with van der Waals surface area (Å²) in [5, 5.41) is 0. The number of rotatable bonds is 1. The second kappa shape index (κ2) is 4.60. The van der Waals surface area contributed by atoms with Crippen LogP contribution in [0.2, 0.25) is 0 Å². The molecule has 0 saturated heterocycles. The molecule has 2 aromatic rings. The van der Waals surface area contributed by atoms with Gasteiger partial charge in [-0.15, -0.1) is 0 Å². The van der Waals surface area contributed by atoms with Crippen molar-refractivity contribution in [3.8, 4) is 0 Å². The van der Waals surface area contributed by atoms with Crippen molar-refractivity contribution in [2.24, 2.45) is 5.41 Å². The number of benzene rings is 1. The first kappa shape index (κ1) is 14.3. The molecule has 4 rings (SSSR count). The van der Waals surface area contributed by atoms with E-state index >= 15 is 0 Å². The number of nitrogens with zero attached hydrogens (tertiary/aromatic N) is 3. The Balaban J connectivity index is 1.87. The first-order valence-corrected chi connectivity index (χ1v) is 8.20. The standard InChI is InChI=1S/C20H23N3/c1-19(2)17-13-22(15-9-6-5-7-10-15)14-23(17)16-11-8-12-21-18(16)20(19,3)4/h5-13H,14H2,1-4H3. The average Bonchev–Trinajstić information content (AvgIpc) is 3.01. The minimum atomic E-state index is -0.0153. The van der Waals surface area contributed by atoms with Crippen LogP contribution in [-0.2, 0) is 5.41 Å². The highest BCUT2D eigenvalue weighted by atomic mass is 15.4. The van der Waals surface area contributed by atoms with Crippen LogP contribution in [0.5, 0.6) is 0 Å². The molecule has 3 heteroatoms. The number of allylic oxidation sites excluding steroid dienone is 1. The molecule has 0 bridgehead atoms. The lowest BCUT2D eigenvalue weighted by atomic mass is 9.61. The predicted octanol–water partition coefficient (Wildman–Crippen LogP) is 4.52. The van der Waals surface area contributed by atoms with E-state index in [9.17, 15) is 0 Å². The molecule has 0 aliphatic carbocycles. The quantitative estimate of drug-likeness (QED) is 0.772. The zero-order chi connectivity index (χ0) is 16.2. The van der Waals surface area contributed by atoms with Crippen LogP contribution in [0.4, 0.5) is 11.4 Å². The zero-order valence-electron chi connectivity index (χ0n) is 14.2. The normalized spacial score (nSPS) is 20.8. The fraction of sp³-hybridized carbons (Fsp3) is 0.350. The Hall–Kier alpha value is -2.29. The average molecular weight is 305 g/mol. The molecule has 0 fully saturated rings. The second-order valence-corrected chi connectivity index (χ2v) is 7.51. The van der Waals surface area contributed by atoms with Gasteiger partial charge in [-0.3, -0.25) is 4.98 Å². The SMILES string of the molecule is CC1(C)C2=CN(c3ccccc3)CN2c2cccnc2C1(C)C. The molecular formula is C20H23N3. The summed E-state index contributed by atoms with van der Waals surface area (Å²) in [6.07, 6.45) is 4.23. The van der Waals surface area contributed by atoms with E-state index in [-0.39, 0.29) is 10.8 Å². The van der Waals surface area contributed by atoms with Crippen molar-refractivity contribution in [3.05, 3.63) is 66.3 Å². The molecule has 0 unspecified atom stereocenters. The highest BCUT2D eigenvalue weighted by Crippen LogP contribution is 2.55. The number of para-hydroxylation sites is 1. The van der Waals surface area contributed by atoms with Crippen LogP contribution in [0, 0.1) is 5.41 Å². The Kier molecular flexibility index (Phi) is 2.87. The molecule has 0 radical (unpaired) electrons. The van der Waals surface area contributed by atoms with Crippen LogP contribution in [0.15, 0.2) is 60.6 Å². The monoisotopic (exact) mass is 305 g/mol. The maximum atomic E-state index is 4.74. The van der Waals surface area contributed by atoms with Crippen molar-refractivity contribution < 1.29 is 0 Å². The van der Waals surface area contributed by atoms with Gasteiger partial charge in [-0.25, -0.2) is 0 Å². The van der Waals surface area contributed by atoms with Crippen LogP contribution in [0.3, 0.4) is 0 Å². The van der Waals surface area contributed by atoms with Gasteiger partial charge in [0.25, 0.3) is 0 Å². The van der Waals surface area contributed by atoms with Crippen LogP contribution in [-0.4, -0.2) is 11.7 Å². The third-order valence-electron chi connectivity index (χ3n) is 5.82. The molecule has 0 N–H and O–H groups in total. The molecular weight excluding hydrogens is 282 g/mol. The smallest absolute Gasteiger partial charge is 0.0993 e. The minimum absolute atomic E-state index is 0.0118. The molecule has 1 aromatic heterocycles. The topological polar surface area (TPSA) is 19.4 Å². The first-order chi connectivity index (χ1) is 10.9. The van der Waals surface area contributed by atoms with Gasteiger partial charge in [0.15, 0.2) is 0 Å². The van der Waals surface area contributed by atoms with E-state index in [2.05, 4.69) is 80.1 Å². The fourth-order valence-electron chi connectivity index (χ4n) is 3.68. The molecule has 2 aliphatic rings. The van der Waals surface area contributed by atoms with Crippen molar-refractivity contribution in [2.45, 2.75) is 33.1 Å². The zero-order valence-corrected chi connectivity index (χ0v) is 14.2. The Labute approximate surface area is 138 Å². The maximum Gasteiger partial charge on any atom is 0.0993 e. The summed E-state index contributed by atoms with van der Waals surface area (Å²) in [4.78, 5) is 9.48. The van der Waals surface area contributed by atoms with E-state index in [0.717, 1.165) is 6.67 Å². The van der Waals surface area contributed by atoms with Crippen LogP contribution < -0.4 is 9.80 Å². The van der Waals surface area contributed by atoms with Crippen molar-refractivity contribution in [1.29, 1.82) is 0 Å². The second-order valence-electron chi connectivity index (χ2n) is 7.51. The highest BCUT2D eigenvalue weighted by Gasteiger charge is 2.51. The van der Waals surface area contributed by atoms with Gasteiger partial charge in [-0.1, -0.05) is 45.9 Å². The van der Waals surface area contributed by atoms with Gasteiger partial charge in [0.2, 0.25) is 0 Å². The van der Waals surface area contributed by atoms with E-state index in [4.69, 9.17) is 4.98 Å². The van der Waals surface area contributed by atoms with Crippen molar-refractivity contribution in [2.75, 3.05) is 16.5 Å². The van der Waals surface area contributed by atoms with E-state index in [1.54, 1.807) is 0 Å². The fourth-order valence-corrected chi connectivity index (χ4v) is 3.68. The molecule has 0 atom stereocenters. The summed E-state index contributed by atoms with van der Waals surface area (Å²) in [5.41, 5.74) is 5.02. The van der Waals surface area contributed by atoms with E-state index in [1.807, 2.05) is 12.3 Å². The number of anilines is 2. The van der Waals surface area contributed by atoms with Crippen LogP contribution in [0.25, 0.3) is 0 Å². The van der Waals surface area contributed by atoms with Gasteiger partial charge in [0, 0.05) is 34.6 Å².